The highest BCUT2D eigenvalue weighted by Gasteiger charge is 2.18. The third-order valence-corrected chi connectivity index (χ3v) is 3.33. The van der Waals surface area contributed by atoms with Gasteiger partial charge in [0.1, 0.15) is 5.75 Å². The number of carbonyl (C=O) groups is 1. The normalized spacial score (nSPS) is 11.2. The van der Waals surface area contributed by atoms with Crippen LogP contribution in [-0.4, -0.2) is 27.2 Å². The summed E-state index contributed by atoms with van der Waals surface area (Å²) >= 11 is 0. The number of amides is 1. The van der Waals surface area contributed by atoms with Crippen molar-refractivity contribution in [2.45, 2.75) is 31.8 Å². The predicted octanol–water partition coefficient (Wildman–Crippen LogP) is 1.91. The van der Waals surface area contributed by atoms with Crippen molar-refractivity contribution in [3.63, 3.8) is 0 Å². The highest BCUT2D eigenvalue weighted by molar-refractivity contribution is 7.90. The molecule has 1 aromatic carbocycles. The van der Waals surface area contributed by atoms with Crippen molar-refractivity contribution in [2.75, 3.05) is 6.61 Å². The second kappa shape index (κ2) is 6.42. The van der Waals surface area contributed by atoms with E-state index >= 15 is 0 Å². The molecule has 0 spiro atoms. The molecule has 106 valence electrons. The molecule has 0 heterocycles. The number of hydrogen-bond acceptors (Lipinski definition) is 5. The Kier molecular flexibility index (Phi) is 5.17. The molecule has 0 fully saturated rings. The van der Waals surface area contributed by atoms with E-state index in [1.54, 1.807) is 11.6 Å². The second-order valence-electron chi connectivity index (χ2n) is 3.96. The van der Waals surface area contributed by atoms with E-state index in [4.69, 9.17) is 4.74 Å². The Morgan fingerprint density at radius 3 is 2.32 bits per heavy atom. The van der Waals surface area contributed by atoms with E-state index in [1.165, 1.54) is 24.3 Å². The fraction of sp³-hybridized carbons (Fsp3) is 0.417. The Bertz CT molecular complexity index is 522. The maximum Gasteiger partial charge on any atom is 0.421 e. The average molecular weight is 287 g/mol. The third kappa shape index (κ3) is 4.78. The van der Waals surface area contributed by atoms with Gasteiger partial charge >= 0.3 is 6.09 Å². The molecule has 1 aromatic rings. The Morgan fingerprint density at radius 1 is 1.26 bits per heavy atom. The first kappa shape index (κ1) is 15.3. The molecule has 0 unspecified atom stereocenters. The van der Waals surface area contributed by atoms with Crippen molar-refractivity contribution in [2.24, 2.45) is 0 Å². The van der Waals surface area contributed by atoms with Crippen molar-refractivity contribution in [3.05, 3.63) is 24.3 Å². The first-order valence-electron chi connectivity index (χ1n) is 5.81. The fourth-order valence-corrected chi connectivity index (χ4v) is 2.19. The van der Waals surface area contributed by atoms with Crippen LogP contribution in [0.25, 0.3) is 0 Å². The lowest BCUT2D eigenvalue weighted by molar-refractivity contribution is 0.158. The summed E-state index contributed by atoms with van der Waals surface area (Å²) in [5, 5.41) is 0. The standard InChI is InChI=1S/C12H17NO5S/c1-4-17-12(14)13-19(15,16)11-7-5-10(6-8-11)18-9(2)3/h5-9H,4H2,1-3H3,(H,13,14). The fourth-order valence-electron chi connectivity index (χ4n) is 1.30. The van der Waals surface area contributed by atoms with Crippen LogP contribution in [0.5, 0.6) is 5.75 Å². The van der Waals surface area contributed by atoms with E-state index < -0.39 is 16.1 Å². The quantitative estimate of drug-likeness (QED) is 0.894. The minimum atomic E-state index is -3.91. The third-order valence-electron chi connectivity index (χ3n) is 2.00. The zero-order valence-electron chi connectivity index (χ0n) is 11.0. The summed E-state index contributed by atoms with van der Waals surface area (Å²) in [6.07, 6.45) is -0.995. The summed E-state index contributed by atoms with van der Waals surface area (Å²) in [7, 11) is -3.91. The van der Waals surface area contributed by atoms with Gasteiger partial charge in [-0.2, -0.15) is 0 Å². The minimum Gasteiger partial charge on any atom is -0.491 e. The van der Waals surface area contributed by atoms with Gasteiger partial charge in [-0.05, 0) is 45.0 Å². The molecule has 0 bridgehead atoms. The van der Waals surface area contributed by atoms with Crippen LogP contribution in [0.3, 0.4) is 0 Å². The molecular weight excluding hydrogens is 270 g/mol. The van der Waals surface area contributed by atoms with Gasteiger partial charge in [0.25, 0.3) is 10.0 Å². The lowest BCUT2D eigenvalue weighted by atomic mass is 10.3. The van der Waals surface area contributed by atoms with Crippen LogP contribution < -0.4 is 9.46 Å². The van der Waals surface area contributed by atoms with Gasteiger partial charge in [0, 0.05) is 0 Å². The maximum atomic E-state index is 11.8. The summed E-state index contributed by atoms with van der Waals surface area (Å²) in [5.74, 6) is 0.560. The molecule has 0 radical (unpaired) electrons. The van der Waals surface area contributed by atoms with Crippen LogP contribution in [-0.2, 0) is 14.8 Å². The topological polar surface area (TPSA) is 81.7 Å². The largest absolute Gasteiger partial charge is 0.491 e. The lowest BCUT2D eigenvalue weighted by Gasteiger charge is -2.10. The molecular formula is C12H17NO5S. The van der Waals surface area contributed by atoms with E-state index in [0.29, 0.717) is 5.75 Å². The molecule has 7 heteroatoms. The lowest BCUT2D eigenvalue weighted by Crippen LogP contribution is -2.31. The van der Waals surface area contributed by atoms with Crippen LogP contribution in [0.15, 0.2) is 29.2 Å². The van der Waals surface area contributed by atoms with Crippen LogP contribution in [0.4, 0.5) is 4.79 Å². The number of hydrogen-bond donors (Lipinski definition) is 1. The van der Waals surface area contributed by atoms with E-state index in [1.807, 2.05) is 13.8 Å². The number of sulfonamides is 1. The predicted molar refractivity (Wildman–Crippen MR) is 69.5 cm³/mol. The van der Waals surface area contributed by atoms with E-state index in [9.17, 15) is 13.2 Å². The van der Waals surface area contributed by atoms with E-state index in [2.05, 4.69) is 4.74 Å². The molecule has 0 saturated heterocycles. The monoisotopic (exact) mass is 287 g/mol. The average Bonchev–Trinajstić information content (AvgIpc) is 2.28. The molecule has 6 nitrogen and oxygen atoms in total. The Balaban J connectivity index is 2.82. The summed E-state index contributed by atoms with van der Waals surface area (Å²) in [4.78, 5) is 11.1. The summed E-state index contributed by atoms with van der Waals surface area (Å²) in [5.41, 5.74) is 0. The van der Waals surface area contributed by atoms with Crippen molar-refractivity contribution < 1.29 is 22.7 Å². The summed E-state index contributed by atoms with van der Waals surface area (Å²) in [6, 6.07) is 5.78. The molecule has 1 rings (SSSR count). The summed E-state index contributed by atoms with van der Waals surface area (Å²) < 4.78 is 35.3. The molecule has 0 atom stereocenters. The van der Waals surface area contributed by atoms with Gasteiger partial charge in [-0.1, -0.05) is 0 Å². The molecule has 0 aliphatic heterocycles. The zero-order chi connectivity index (χ0) is 14.5. The van der Waals surface area contributed by atoms with Crippen molar-refractivity contribution in [1.82, 2.24) is 4.72 Å². The number of carbonyl (C=O) groups excluding carboxylic acids is 1. The van der Waals surface area contributed by atoms with Crippen molar-refractivity contribution in [3.8, 4) is 5.75 Å². The maximum absolute atomic E-state index is 11.8. The number of rotatable bonds is 5. The highest BCUT2D eigenvalue weighted by atomic mass is 32.2. The van der Waals surface area contributed by atoms with Gasteiger partial charge in [0.05, 0.1) is 17.6 Å². The molecule has 1 N–H and O–H groups in total. The van der Waals surface area contributed by atoms with Crippen LogP contribution in [0, 0.1) is 0 Å². The van der Waals surface area contributed by atoms with Crippen LogP contribution in [0.1, 0.15) is 20.8 Å². The Morgan fingerprint density at radius 2 is 1.84 bits per heavy atom. The first-order valence-corrected chi connectivity index (χ1v) is 7.29. The SMILES string of the molecule is CCOC(=O)NS(=O)(=O)c1ccc(OC(C)C)cc1. The second-order valence-corrected chi connectivity index (χ2v) is 5.65. The van der Waals surface area contributed by atoms with E-state index in [-0.39, 0.29) is 17.6 Å². The number of nitrogens with one attached hydrogen (secondary N) is 1. The van der Waals surface area contributed by atoms with Gasteiger partial charge in [-0.3, -0.25) is 0 Å². The smallest absolute Gasteiger partial charge is 0.421 e. The molecule has 0 aliphatic rings. The molecule has 0 saturated carbocycles. The minimum absolute atomic E-state index is 0.000106. The highest BCUT2D eigenvalue weighted by Crippen LogP contribution is 2.17. The Hall–Kier alpha value is -1.76. The van der Waals surface area contributed by atoms with Crippen molar-refractivity contribution in [1.29, 1.82) is 0 Å². The Labute approximate surface area is 112 Å². The number of benzene rings is 1. The van der Waals surface area contributed by atoms with E-state index in [0.717, 1.165) is 0 Å². The zero-order valence-corrected chi connectivity index (χ0v) is 11.9. The first-order chi connectivity index (χ1) is 8.85. The van der Waals surface area contributed by atoms with Crippen LogP contribution >= 0.6 is 0 Å². The van der Waals surface area contributed by atoms with Gasteiger partial charge in [0.2, 0.25) is 0 Å². The molecule has 0 aliphatic carbocycles. The molecule has 19 heavy (non-hydrogen) atoms. The van der Waals surface area contributed by atoms with Gasteiger partial charge in [0.15, 0.2) is 0 Å². The van der Waals surface area contributed by atoms with Gasteiger partial charge in [-0.15, -0.1) is 0 Å². The molecule has 1 amide bonds. The molecule has 0 aromatic heterocycles. The van der Waals surface area contributed by atoms with Crippen molar-refractivity contribution >= 4 is 16.1 Å². The van der Waals surface area contributed by atoms with Crippen LogP contribution in [0.2, 0.25) is 0 Å². The summed E-state index contributed by atoms with van der Waals surface area (Å²) in [6.45, 7) is 5.42. The van der Waals surface area contributed by atoms with Gasteiger partial charge < -0.3 is 9.47 Å². The number of ether oxygens (including phenoxy) is 2. The van der Waals surface area contributed by atoms with Gasteiger partial charge in [-0.25, -0.2) is 17.9 Å².